The van der Waals surface area contributed by atoms with E-state index in [0.29, 0.717) is 0 Å². The summed E-state index contributed by atoms with van der Waals surface area (Å²) in [6.07, 6.45) is 5.64. The van der Waals surface area contributed by atoms with Crippen molar-refractivity contribution in [1.82, 2.24) is 0 Å². The van der Waals surface area contributed by atoms with Crippen LogP contribution in [0.25, 0.3) is 6.08 Å². The molecule has 0 spiro atoms. The van der Waals surface area contributed by atoms with Gasteiger partial charge >= 0.3 is 0 Å². The van der Waals surface area contributed by atoms with Crippen LogP contribution in [0.2, 0.25) is 0 Å². The molecule has 0 aliphatic carbocycles. The molecule has 4 nitrogen and oxygen atoms in total. The first-order valence-corrected chi connectivity index (χ1v) is 6.87. The maximum absolute atomic E-state index is 10.6. The molecule has 0 radical (unpaired) electrons. The number of non-ortho nitro benzene ring substituents is 1. The lowest BCUT2D eigenvalue weighted by Gasteiger charge is -2.06. The zero-order valence-electron chi connectivity index (χ0n) is 12.1. The fourth-order valence-corrected chi connectivity index (χ4v) is 2.02. The maximum atomic E-state index is 10.6. The fraction of sp³-hybridized carbons (Fsp3) is 0.176. The lowest BCUT2D eigenvalue weighted by molar-refractivity contribution is -0.384. The molecule has 2 N–H and O–H groups in total. The summed E-state index contributed by atoms with van der Waals surface area (Å²) in [5, 5.41) is 10.6. The third kappa shape index (κ3) is 5.68. The average molecular weight is 319 g/mol. The molecule has 5 heteroatoms. The highest BCUT2D eigenvalue weighted by atomic mass is 35.5. The topological polar surface area (TPSA) is 69.2 Å². The first-order valence-electron chi connectivity index (χ1n) is 6.87. The Kier molecular flexibility index (Phi) is 7.29. The van der Waals surface area contributed by atoms with Crippen molar-refractivity contribution in [2.75, 3.05) is 0 Å². The Labute approximate surface area is 136 Å². The van der Waals surface area contributed by atoms with Gasteiger partial charge in [-0.15, -0.1) is 12.4 Å². The lowest BCUT2D eigenvalue weighted by Crippen LogP contribution is -2.17. The normalized spacial score (nSPS) is 11.9. The van der Waals surface area contributed by atoms with Gasteiger partial charge in [0.05, 0.1) is 4.92 Å². The summed E-state index contributed by atoms with van der Waals surface area (Å²) in [5.74, 6) is 0. The zero-order chi connectivity index (χ0) is 15.1. The first-order chi connectivity index (χ1) is 10.1. The van der Waals surface area contributed by atoms with Crippen LogP contribution in [0.1, 0.15) is 17.5 Å². The second-order valence-corrected chi connectivity index (χ2v) is 4.90. The molecule has 2 aromatic rings. The Hall–Kier alpha value is -2.17. The number of nitro groups is 1. The molecular weight excluding hydrogens is 300 g/mol. The van der Waals surface area contributed by atoms with E-state index >= 15 is 0 Å². The lowest BCUT2D eigenvalue weighted by atomic mass is 10.0. The summed E-state index contributed by atoms with van der Waals surface area (Å²) in [7, 11) is 0. The third-order valence-corrected chi connectivity index (χ3v) is 3.25. The minimum atomic E-state index is -0.404. The van der Waals surface area contributed by atoms with Crippen LogP contribution in [0, 0.1) is 10.1 Å². The molecule has 0 aliphatic rings. The van der Waals surface area contributed by atoms with Gasteiger partial charge in [0.1, 0.15) is 0 Å². The molecule has 2 aromatic carbocycles. The Morgan fingerprint density at radius 3 is 2.32 bits per heavy atom. The van der Waals surface area contributed by atoms with Gasteiger partial charge in [-0.05, 0) is 36.1 Å². The number of hydrogen-bond donors (Lipinski definition) is 1. The molecule has 0 aliphatic heterocycles. The number of aryl methyl sites for hydroxylation is 1. The van der Waals surface area contributed by atoms with Gasteiger partial charge in [-0.3, -0.25) is 10.1 Å². The maximum Gasteiger partial charge on any atom is 0.269 e. The number of benzene rings is 2. The Bertz CT molecular complexity index is 612. The first kappa shape index (κ1) is 17.9. The van der Waals surface area contributed by atoms with Crippen molar-refractivity contribution in [2.24, 2.45) is 5.73 Å². The van der Waals surface area contributed by atoms with Gasteiger partial charge in [-0.2, -0.15) is 0 Å². The molecule has 0 aromatic heterocycles. The van der Waals surface area contributed by atoms with E-state index in [1.165, 1.54) is 17.7 Å². The molecule has 116 valence electrons. The molecule has 0 amide bonds. The summed E-state index contributed by atoms with van der Waals surface area (Å²) in [4.78, 5) is 10.2. The molecule has 0 fully saturated rings. The van der Waals surface area contributed by atoms with E-state index in [0.717, 1.165) is 18.4 Å². The highest BCUT2D eigenvalue weighted by Gasteiger charge is 2.03. The average Bonchev–Trinajstić information content (AvgIpc) is 2.52. The van der Waals surface area contributed by atoms with Crippen LogP contribution < -0.4 is 5.73 Å². The van der Waals surface area contributed by atoms with E-state index in [2.05, 4.69) is 12.1 Å². The van der Waals surface area contributed by atoms with Crippen molar-refractivity contribution < 1.29 is 4.92 Å². The van der Waals surface area contributed by atoms with Crippen molar-refractivity contribution in [2.45, 2.75) is 18.9 Å². The van der Waals surface area contributed by atoms with Crippen molar-refractivity contribution in [3.05, 3.63) is 81.9 Å². The summed E-state index contributed by atoms with van der Waals surface area (Å²) in [6.45, 7) is 0. The molecule has 1 atom stereocenters. The monoisotopic (exact) mass is 318 g/mol. The number of hydrogen-bond acceptors (Lipinski definition) is 3. The SMILES string of the molecule is Cl.NC(C=Cc1ccc([N+](=O)[O-])cc1)CCc1ccccc1. The van der Waals surface area contributed by atoms with Crippen LogP contribution in [-0.4, -0.2) is 11.0 Å². The van der Waals surface area contributed by atoms with Crippen molar-refractivity contribution in [3.8, 4) is 0 Å². The molecule has 1 unspecified atom stereocenters. The summed E-state index contributed by atoms with van der Waals surface area (Å²) in [6, 6.07) is 16.6. The Morgan fingerprint density at radius 2 is 1.73 bits per heavy atom. The van der Waals surface area contributed by atoms with E-state index in [1.54, 1.807) is 12.1 Å². The number of nitrogens with zero attached hydrogens (tertiary/aromatic N) is 1. The van der Waals surface area contributed by atoms with Gasteiger partial charge in [-0.25, -0.2) is 0 Å². The van der Waals surface area contributed by atoms with Crippen molar-refractivity contribution >= 4 is 24.2 Å². The highest BCUT2D eigenvalue weighted by molar-refractivity contribution is 5.85. The van der Waals surface area contributed by atoms with Crippen LogP contribution in [0.3, 0.4) is 0 Å². The molecule has 22 heavy (non-hydrogen) atoms. The van der Waals surface area contributed by atoms with Gasteiger partial charge in [0.15, 0.2) is 0 Å². The number of rotatable bonds is 6. The van der Waals surface area contributed by atoms with Crippen LogP contribution in [0.15, 0.2) is 60.7 Å². The molecule has 0 saturated carbocycles. The van der Waals surface area contributed by atoms with E-state index in [9.17, 15) is 10.1 Å². The second-order valence-electron chi connectivity index (χ2n) is 4.90. The number of halogens is 1. The van der Waals surface area contributed by atoms with Crippen LogP contribution in [0.4, 0.5) is 5.69 Å². The van der Waals surface area contributed by atoms with E-state index in [-0.39, 0.29) is 24.1 Å². The molecule has 0 bridgehead atoms. The predicted molar refractivity (Wildman–Crippen MR) is 92.1 cm³/mol. The van der Waals surface area contributed by atoms with E-state index in [1.807, 2.05) is 30.4 Å². The van der Waals surface area contributed by atoms with Crippen molar-refractivity contribution in [3.63, 3.8) is 0 Å². The highest BCUT2D eigenvalue weighted by Crippen LogP contribution is 2.13. The fourth-order valence-electron chi connectivity index (χ4n) is 2.02. The minimum Gasteiger partial charge on any atom is -0.324 e. The van der Waals surface area contributed by atoms with Gasteiger partial charge in [0, 0.05) is 18.2 Å². The van der Waals surface area contributed by atoms with Crippen LogP contribution >= 0.6 is 12.4 Å². The van der Waals surface area contributed by atoms with Crippen molar-refractivity contribution in [1.29, 1.82) is 0 Å². The number of nitro benzene ring substituents is 1. The van der Waals surface area contributed by atoms with Crippen LogP contribution in [-0.2, 0) is 6.42 Å². The standard InChI is InChI=1S/C17H18N2O2.ClH/c18-16(10-6-14-4-2-1-3-5-14)11-7-15-8-12-17(13-9-15)19(20)21;/h1-5,7-9,11-13,16H,6,10,18H2;1H. The van der Waals surface area contributed by atoms with E-state index in [4.69, 9.17) is 5.73 Å². The number of nitrogens with two attached hydrogens (primary N) is 1. The van der Waals surface area contributed by atoms with Gasteiger partial charge in [0.2, 0.25) is 0 Å². The summed E-state index contributed by atoms with van der Waals surface area (Å²) < 4.78 is 0. The quantitative estimate of drug-likeness (QED) is 0.646. The van der Waals surface area contributed by atoms with Gasteiger partial charge < -0.3 is 5.73 Å². The van der Waals surface area contributed by atoms with Gasteiger partial charge in [-0.1, -0.05) is 42.5 Å². The summed E-state index contributed by atoms with van der Waals surface area (Å²) >= 11 is 0. The Morgan fingerprint density at radius 1 is 1.09 bits per heavy atom. The molecule has 2 rings (SSSR count). The summed E-state index contributed by atoms with van der Waals surface area (Å²) in [5.41, 5.74) is 8.34. The third-order valence-electron chi connectivity index (χ3n) is 3.25. The largest absolute Gasteiger partial charge is 0.324 e. The molecular formula is C17H19ClN2O2. The van der Waals surface area contributed by atoms with Gasteiger partial charge in [0.25, 0.3) is 5.69 Å². The minimum absolute atomic E-state index is 0. The smallest absolute Gasteiger partial charge is 0.269 e. The van der Waals surface area contributed by atoms with Crippen LogP contribution in [0.5, 0.6) is 0 Å². The molecule has 0 saturated heterocycles. The predicted octanol–water partition coefficient (Wildman–Crippen LogP) is 3.99. The zero-order valence-corrected chi connectivity index (χ0v) is 12.9. The molecule has 0 heterocycles. The van der Waals surface area contributed by atoms with E-state index < -0.39 is 4.92 Å². The Balaban J connectivity index is 0.00000242. The second kappa shape index (κ2) is 8.97.